The quantitative estimate of drug-likeness (QED) is 0.590. The summed E-state index contributed by atoms with van der Waals surface area (Å²) in [6, 6.07) is 8.27. The number of amides is 3. The van der Waals surface area contributed by atoms with Gasteiger partial charge in [0.25, 0.3) is 0 Å². The third kappa shape index (κ3) is 7.69. The predicted octanol–water partition coefficient (Wildman–Crippen LogP) is 1.58. The van der Waals surface area contributed by atoms with Crippen molar-refractivity contribution in [3.8, 4) is 0 Å². The molecule has 0 fully saturated rings. The summed E-state index contributed by atoms with van der Waals surface area (Å²) in [6.45, 7) is 5.92. The Morgan fingerprint density at radius 3 is 2.36 bits per heavy atom. The molecule has 0 aromatic heterocycles. The van der Waals surface area contributed by atoms with Crippen LogP contribution in [0.4, 0.5) is 4.79 Å². The van der Waals surface area contributed by atoms with Crippen molar-refractivity contribution in [2.45, 2.75) is 39.8 Å². The molecular weight excluding hydrogens is 322 g/mol. The van der Waals surface area contributed by atoms with Crippen LogP contribution in [0, 0.1) is 5.92 Å². The molecule has 0 aliphatic carbocycles. The van der Waals surface area contributed by atoms with Crippen LogP contribution < -0.4 is 16.0 Å². The molecule has 1 rings (SSSR count). The molecule has 2 unspecified atom stereocenters. The molecule has 1 aromatic carbocycles. The lowest BCUT2D eigenvalue weighted by molar-refractivity contribution is -0.141. The Bertz CT molecular complexity index is 563. The summed E-state index contributed by atoms with van der Waals surface area (Å²) in [7, 11) is 0. The second-order valence-electron chi connectivity index (χ2n) is 5.70. The van der Waals surface area contributed by atoms with Crippen LogP contribution >= 0.6 is 0 Å². The van der Waals surface area contributed by atoms with Crippen LogP contribution in [-0.2, 0) is 20.9 Å². The van der Waals surface area contributed by atoms with Crippen LogP contribution in [0.5, 0.6) is 0 Å². The molecule has 3 N–H and O–H groups in total. The van der Waals surface area contributed by atoms with Gasteiger partial charge < -0.3 is 20.7 Å². The zero-order valence-electron chi connectivity index (χ0n) is 15.0. The first kappa shape index (κ1) is 20.5. The minimum absolute atomic E-state index is 0.0517. The highest BCUT2D eigenvalue weighted by Crippen LogP contribution is 2.08. The van der Waals surface area contributed by atoms with E-state index < -0.39 is 18.0 Å². The van der Waals surface area contributed by atoms with Crippen molar-refractivity contribution >= 4 is 17.9 Å². The van der Waals surface area contributed by atoms with Crippen LogP contribution in [0.2, 0.25) is 0 Å². The molecule has 0 aliphatic heterocycles. The highest BCUT2D eigenvalue weighted by Gasteiger charge is 2.25. The fourth-order valence-electron chi connectivity index (χ4n) is 2.15. The van der Waals surface area contributed by atoms with Gasteiger partial charge in [-0.1, -0.05) is 50.6 Å². The number of hydrogen-bond donors (Lipinski definition) is 3. The molecule has 2 atom stereocenters. The summed E-state index contributed by atoms with van der Waals surface area (Å²) >= 11 is 0. The van der Waals surface area contributed by atoms with E-state index in [1.165, 1.54) is 0 Å². The van der Waals surface area contributed by atoms with Gasteiger partial charge >= 0.3 is 12.0 Å². The molecule has 7 nitrogen and oxygen atoms in total. The highest BCUT2D eigenvalue weighted by molar-refractivity contribution is 5.88. The Balaban J connectivity index is 2.56. The van der Waals surface area contributed by atoms with E-state index in [-0.39, 0.29) is 25.0 Å². The third-order valence-corrected chi connectivity index (χ3v) is 3.79. The third-order valence-electron chi connectivity index (χ3n) is 3.79. The van der Waals surface area contributed by atoms with Crippen molar-refractivity contribution in [3.05, 3.63) is 35.9 Å². The molecule has 0 bridgehead atoms. The summed E-state index contributed by atoms with van der Waals surface area (Å²) < 4.78 is 4.74. The second-order valence-corrected chi connectivity index (χ2v) is 5.70. The number of benzene rings is 1. The highest BCUT2D eigenvalue weighted by atomic mass is 16.5. The lowest BCUT2D eigenvalue weighted by Gasteiger charge is -2.23. The predicted molar refractivity (Wildman–Crippen MR) is 94.7 cm³/mol. The molecule has 25 heavy (non-hydrogen) atoms. The van der Waals surface area contributed by atoms with E-state index in [0.717, 1.165) is 12.0 Å². The second kappa shape index (κ2) is 11.1. The van der Waals surface area contributed by atoms with Gasteiger partial charge in [0.1, 0.15) is 12.6 Å². The fraction of sp³-hybridized carbons (Fsp3) is 0.500. The van der Waals surface area contributed by atoms with Gasteiger partial charge in [0.2, 0.25) is 5.91 Å². The molecule has 0 saturated heterocycles. The van der Waals surface area contributed by atoms with Crippen molar-refractivity contribution in [1.82, 2.24) is 16.0 Å². The Kier molecular flexibility index (Phi) is 9.06. The summed E-state index contributed by atoms with van der Waals surface area (Å²) in [5, 5.41) is 7.86. The molecule has 7 heteroatoms. The van der Waals surface area contributed by atoms with Gasteiger partial charge in [-0.3, -0.25) is 9.59 Å². The Morgan fingerprint density at radius 2 is 1.76 bits per heavy atom. The number of carbonyl (C=O) groups is 3. The molecule has 1 aromatic rings. The first-order valence-electron chi connectivity index (χ1n) is 8.49. The van der Waals surface area contributed by atoms with Crippen LogP contribution in [0.1, 0.15) is 32.8 Å². The first-order chi connectivity index (χ1) is 12.0. The maximum absolute atomic E-state index is 12.4. The zero-order valence-corrected chi connectivity index (χ0v) is 15.0. The maximum Gasteiger partial charge on any atom is 0.325 e. The van der Waals surface area contributed by atoms with Crippen molar-refractivity contribution in [3.63, 3.8) is 0 Å². The number of urea groups is 1. The molecule has 138 valence electrons. The molecule has 3 amide bonds. The molecule has 0 aliphatic rings. The molecular formula is C18H27N3O4. The van der Waals surface area contributed by atoms with Crippen molar-refractivity contribution in [2.24, 2.45) is 5.92 Å². The van der Waals surface area contributed by atoms with Gasteiger partial charge in [0, 0.05) is 6.54 Å². The van der Waals surface area contributed by atoms with E-state index in [9.17, 15) is 14.4 Å². The van der Waals surface area contributed by atoms with Gasteiger partial charge in [0.05, 0.1) is 6.61 Å². The van der Waals surface area contributed by atoms with E-state index in [0.29, 0.717) is 6.54 Å². The smallest absolute Gasteiger partial charge is 0.325 e. The zero-order chi connectivity index (χ0) is 18.7. The van der Waals surface area contributed by atoms with Crippen LogP contribution in [-0.4, -0.2) is 37.1 Å². The average Bonchev–Trinajstić information content (AvgIpc) is 2.63. The van der Waals surface area contributed by atoms with Crippen molar-refractivity contribution < 1.29 is 19.1 Å². The number of nitrogens with one attached hydrogen (secondary N) is 3. The van der Waals surface area contributed by atoms with Gasteiger partial charge in [-0.2, -0.15) is 0 Å². The maximum atomic E-state index is 12.4. The standard InChI is InChI=1S/C18H27N3O4/c1-4-13(3)16(21-18(24)20-12-15(22)25-5-2)17(23)19-11-14-9-7-6-8-10-14/h6-10,13,16H,4-5,11-12H2,1-3H3,(H,19,23)(H2,20,21,24). The normalized spacial score (nSPS) is 12.6. The molecule has 0 spiro atoms. The van der Waals surface area contributed by atoms with Gasteiger partial charge in [-0.05, 0) is 18.4 Å². The summed E-state index contributed by atoms with van der Waals surface area (Å²) in [5.74, 6) is -0.833. The number of hydrogen-bond acceptors (Lipinski definition) is 4. The van der Waals surface area contributed by atoms with Gasteiger partial charge in [0.15, 0.2) is 0 Å². The Hall–Kier alpha value is -2.57. The summed E-state index contributed by atoms with van der Waals surface area (Å²) in [6.07, 6.45) is 0.724. The lowest BCUT2D eigenvalue weighted by atomic mass is 9.98. The summed E-state index contributed by atoms with van der Waals surface area (Å²) in [4.78, 5) is 35.7. The molecule has 0 radical (unpaired) electrons. The van der Waals surface area contributed by atoms with Crippen LogP contribution in [0.15, 0.2) is 30.3 Å². The number of ether oxygens (including phenoxy) is 1. The van der Waals surface area contributed by atoms with Crippen LogP contribution in [0.25, 0.3) is 0 Å². The first-order valence-corrected chi connectivity index (χ1v) is 8.49. The van der Waals surface area contributed by atoms with Gasteiger partial charge in [-0.25, -0.2) is 4.79 Å². The SMILES string of the molecule is CCOC(=O)CNC(=O)NC(C(=O)NCc1ccccc1)C(C)CC. The molecule has 0 heterocycles. The average molecular weight is 349 g/mol. The Labute approximate surface area is 148 Å². The van der Waals surface area contributed by atoms with E-state index in [1.54, 1.807) is 6.92 Å². The van der Waals surface area contributed by atoms with E-state index in [1.807, 2.05) is 44.2 Å². The Morgan fingerprint density at radius 1 is 1.08 bits per heavy atom. The number of rotatable bonds is 9. The minimum atomic E-state index is -0.684. The lowest BCUT2D eigenvalue weighted by Crippen LogP contribution is -2.53. The monoisotopic (exact) mass is 349 g/mol. The van der Waals surface area contributed by atoms with Gasteiger partial charge in [-0.15, -0.1) is 0 Å². The number of esters is 1. The number of carbonyl (C=O) groups excluding carboxylic acids is 3. The van der Waals surface area contributed by atoms with Crippen molar-refractivity contribution in [1.29, 1.82) is 0 Å². The fourth-order valence-corrected chi connectivity index (χ4v) is 2.15. The largest absolute Gasteiger partial charge is 0.465 e. The topological polar surface area (TPSA) is 96.5 Å². The van der Waals surface area contributed by atoms with E-state index in [2.05, 4.69) is 16.0 Å². The minimum Gasteiger partial charge on any atom is -0.465 e. The van der Waals surface area contributed by atoms with Crippen LogP contribution in [0.3, 0.4) is 0 Å². The summed E-state index contributed by atoms with van der Waals surface area (Å²) in [5.41, 5.74) is 0.977. The van der Waals surface area contributed by atoms with E-state index in [4.69, 9.17) is 4.74 Å². The van der Waals surface area contributed by atoms with Crippen molar-refractivity contribution in [2.75, 3.05) is 13.2 Å². The van der Waals surface area contributed by atoms with E-state index >= 15 is 0 Å². The molecule has 0 saturated carbocycles.